The maximum Gasteiger partial charge on any atom is 0.275 e. The van der Waals surface area contributed by atoms with Gasteiger partial charge in [0.15, 0.2) is 0 Å². The van der Waals surface area contributed by atoms with Gasteiger partial charge in [-0.05, 0) is 12.1 Å². The maximum atomic E-state index is 6.87. The molecule has 0 unspecified atom stereocenters. The topological polar surface area (TPSA) is 34.5 Å². The van der Waals surface area contributed by atoms with E-state index in [4.69, 9.17) is 6.57 Å². The molecule has 0 aromatic carbocycles. The minimum absolute atomic E-state index is 0.415. The van der Waals surface area contributed by atoms with Crippen LogP contribution in [-0.4, -0.2) is 14.6 Å². The third kappa shape index (κ3) is 1.07. The lowest BCUT2D eigenvalue weighted by molar-refractivity contribution is 0.940. The molecule has 62 valence electrons. The van der Waals surface area contributed by atoms with Crippen molar-refractivity contribution in [2.75, 3.05) is 0 Å². The Balaban J connectivity index is 2.80. The summed E-state index contributed by atoms with van der Waals surface area (Å²) >= 11 is 0. The van der Waals surface area contributed by atoms with Gasteiger partial charge in [0, 0.05) is 6.07 Å². The zero-order valence-electron chi connectivity index (χ0n) is 6.81. The smallest absolute Gasteiger partial charge is 0.275 e. The second-order valence-corrected chi connectivity index (χ2v) is 2.46. The van der Waals surface area contributed by atoms with Gasteiger partial charge in [0.1, 0.15) is 5.69 Å². The van der Waals surface area contributed by atoms with E-state index in [2.05, 4.69) is 21.5 Å². The molecule has 0 N–H and O–H groups in total. The fourth-order valence-electron chi connectivity index (χ4n) is 1.06. The second-order valence-electron chi connectivity index (χ2n) is 2.46. The van der Waals surface area contributed by atoms with Crippen LogP contribution in [0.5, 0.6) is 0 Å². The van der Waals surface area contributed by atoms with E-state index in [-0.39, 0.29) is 0 Å². The monoisotopic (exact) mass is 170 g/mol. The van der Waals surface area contributed by atoms with Crippen LogP contribution in [0.2, 0.25) is 0 Å². The number of hydrogen-bond acceptors (Lipinski definition) is 2. The van der Waals surface area contributed by atoms with Crippen molar-refractivity contribution >= 4 is 17.5 Å². The highest BCUT2D eigenvalue weighted by Crippen LogP contribution is 2.13. The van der Waals surface area contributed by atoms with Crippen LogP contribution in [0.3, 0.4) is 0 Å². The van der Waals surface area contributed by atoms with E-state index < -0.39 is 0 Å². The van der Waals surface area contributed by atoms with E-state index in [9.17, 15) is 0 Å². The molecule has 0 atom stereocenters. The standard InChI is InChI=1S/C9H6N4/c1-3-7-4-5-8-11-6-9(10-2)13(8)12-7/h3-6H,1H2. The lowest BCUT2D eigenvalue weighted by atomic mass is 10.4. The van der Waals surface area contributed by atoms with Crippen molar-refractivity contribution in [1.82, 2.24) is 14.6 Å². The van der Waals surface area contributed by atoms with Gasteiger partial charge in [0.2, 0.25) is 5.65 Å². The summed E-state index contributed by atoms with van der Waals surface area (Å²) in [4.78, 5) is 7.31. The molecule has 0 radical (unpaired) electrons. The maximum absolute atomic E-state index is 6.87. The van der Waals surface area contributed by atoms with Crippen molar-refractivity contribution in [1.29, 1.82) is 0 Å². The van der Waals surface area contributed by atoms with E-state index in [0.717, 1.165) is 5.69 Å². The largest absolute Gasteiger partial charge is 0.360 e. The molecular formula is C9H6N4. The molecule has 0 aliphatic heterocycles. The normalized spacial score (nSPS) is 9.77. The summed E-state index contributed by atoms with van der Waals surface area (Å²) in [6, 6.07) is 3.61. The Morgan fingerprint density at radius 2 is 2.38 bits per heavy atom. The molecule has 2 aromatic heterocycles. The van der Waals surface area contributed by atoms with Gasteiger partial charge in [0.25, 0.3) is 5.82 Å². The first kappa shape index (κ1) is 7.50. The molecule has 2 aromatic rings. The molecule has 4 nitrogen and oxygen atoms in total. The fourth-order valence-corrected chi connectivity index (χ4v) is 1.06. The Morgan fingerprint density at radius 1 is 1.54 bits per heavy atom. The molecule has 2 heterocycles. The van der Waals surface area contributed by atoms with Crippen molar-refractivity contribution in [3.05, 3.63) is 42.0 Å². The lowest BCUT2D eigenvalue weighted by Gasteiger charge is -1.91. The molecule has 2 rings (SSSR count). The van der Waals surface area contributed by atoms with Crippen LogP contribution in [-0.2, 0) is 0 Å². The molecule has 0 aliphatic carbocycles. The molecule has 0 bridgehead atoms. The number of hydrogen-bond donors (Lipinski definition) is 0. The van der Waals surface area contributed by atoms with Crippen LogP contribution in [0.25, 0.3) is 16.6 Å². The summed E-state index contributed by atoms with van der Waals surface area (Å²) in [5.41, 5.74) is 1.41. The highest BCUT2D eigenvalue weighted by atomic mass is 15.3. The zero-order valence-corrected chi connectivity index (χ0v) is 6.81. The predicted octanol–water partition coefficient (Wildman–Crippen LogP) is 1.92. The van der Waals surface area contributed by atoms with Gasteiger partial charge in [0.05, 0.1) is 6.20 Å². The van der Waals surface area contributed by atoms with Crippen LogP contribution < -0.4 is 0 Å². The van der Waals surface area contributed by atoms with Crippen molar-refractivity contribution in [3.8, 4) is 0 Å². The summed E-state index contributed by atoms with van der Waals surface area (Å²) in [5, 5.41) is 4.15. The number of imidazole rings is 1. The number of aromatic nitrogens is 3. The SMILES string of the molecule is [C-]#[N+]c1cnc2ccc(C=C)nn12. The highest BCUT2D eigenvalue weighted by molar-refractivity contribution is 5.52. The molecule has 0 fully saturated rings. The van der Waals surface area contributed by atoms with Crippen molar-refractivity contribution in [2.24, 2.45) is 0 Å². The minimum Gasteiger partial charge on any atom is -0.360 e. The first-order valence-electron chi connectivity index (χ1n) is 3.70. The number of fused-ring (bicyclic) bond motifs is 1. The third-order valence-electron chi connectivity index (χ3n) is 1.69. The lowest BCUT2D eigenvalue weighted by Crippen LogP contribution is -1.92. The molecule has 0 saturated heterocycles. The van der Waals surface area contributed by atoms with Crippen LogP contribution in [0.4, 0.5) is 5.82 Å². The summed E-state index contributed by atoms with van der Waals surface area (Å²) in [6.45, 7) is 10.5. The van der Waals surface area contributed by atoms with E-state index in [1.807, 2.05) is 6.07 Å². The molecule has 0 amide bonds. The number of nitrogens with zero attached hydrogens (tertiary/aromatic N) is 4. The molecule has 0 saturated carbocycles. The Hall–Kier alpha value is -2.15. The minimum atomic E-state index is 0.415. The van der Waals surface area contributed by atoms with E-state index in [0.29, 0.717) is 11.5 Å². The Kier molecular flexibility index (Phi) is 1.57. The van der Waals surface area contributed by atoms with Crippen molar-refractivity contribution in [3.63, 3.8) is 0 Å². The zero-order chi connectivity index (χ0) is 9.26. The first-order valence-corrected chi connectivity index (χ1v) is 3.70. The Morgan fingerprint density at radius 3 is 3.08 bits per heavy atom. The van der Waals surface area contributed by atoms with Gasteiger partial charge in [-0.25, -0.2) is 4.98 Å². The van der Waals surface area contributed by atoms with Crippen LogP contribution in [0, 0.1) is 6.57 Å². The summed E-state index contributed by atoms with van der Waals surface area (Å²) < 4.78 is 1.50. The Labute approximate surface area is 75.0 Å². The quantitative estimate of drug-likeness (QED) is 0.613. The summed E-state index contributed by atoms with van der Waals surface area (Å²) in [5.74, 6) is 0.415. The van der Waals surface area contributed by atoms with Gasteiger partial charge in [-0.1, -0.05) is 18.2 Å². The molecule has 4 heteroatoms. The van der Waals surface area contributed by atoms with Crippen LogP contribution in [0.1, 0.15) is 5.69 Å². The molecule has 13 heavy (non-hydrogen) atoms. The van der Waals surface area contributed by atoms with Gasteiger partial charge >= 0.3 is 0 Å². The van der Waals surface area contributed by atoms with Crippen LogP contribution in [0.15, 0.2) is 24.9 Å². The number of rotatable bonds is 1. The van der Waals surface area contributed by atoms with Gasteiger partial charge in [-0.3, -0.25) is 0 Å². The third-order valence-corrected chi connectivity index (χ3v) is 1.69. The second kappa shape index (κ2) is 2.72. The average Bonchev–Trinajstić information content (AvgIpc) is 2.59. The van der Waals surface area contributed by atoms with Gasteiger partial charge in [-0.15, -0.1) is 4.52 Å². The first-order chi connectivity index (χ1) is 6.35. The van der Waals surface area contributed by atoms with Crippen molar-refractivity contribution < 1.29 is 0 Å². The average molecular weight is 170 g/mol. The highest BCUT2D eigenvalue weighted by Gasteiger charge is 2.05. The predicted molar refractivity (Wildman–Crippen MR) is 49.3 cm³/mol. The van der Waals surface area contributed by atoms with E-state index in [1.54, 1.807) is 12.1 Å². The van der Waals surface area contributed by atoms with Gasteiger partial charge < -0.3 is 4.85 Å². The van der Waals surface area contributed by atoms with Gasteiger partial charge in [-0.2, -0.15) is 0 Å². The summed E-state index contributed by atoms with van der Waals surface area (Å²) in [7, 11) is 0. The molecular weight excluding hydrogens is 164 g/mol. The molecule has 0 spiro atoms. The van der Waals surface area contributed by atoms with Crippen LogP contribution >= 0.6 is 0 Å². The fraction of sp³-hybridized carbons (Fsp3) is 0. The van der Waals surface area contributed by atoms with E-state index in [1.165, 1.54) is 10.7 Å². The summed E-state index contributed by atoms with van der Waals surface area (Å²) in [6.07, 6.45) is 3.13. The Bertz CT molecular complexity index is 504. The van der Waals surface area contributed by atoms with E-state index >= 15 is 0 Å². The van der Waals surface area contributed by atoms with Crippen molar-refractivity contribution in [2.45, 2.75) is 0 Å². The molecule has 0 aliphatic rings.